The Hall–Kier alpha value is -0.740. The fraction of sp³-hybridized carbons (Fsp3) is 0.111. The lowest BCUT2D eigenvalue weighted by Crippen LogP contribution is -1.87. The van der Waals surface area contributed by atoms with Crippen LogP contribution in [-0.2, 0) is 0 Å². The molecule has 1 aromatic heterocycles. The average Bonchev–Trinajstić information content (AvgIpc) is 2.42. The minimum absolute atomic E-state index is 0.760. The van der Waals surface area contributed by atoms with E-state index in [9.17, 15) is 0 Å². The molecule has 0 fully saturated rings. The van der Waals surface area contributed by atoms with Crippen molar-refractivity contribution in [1.82, 2.24) is 0 Å². The molecular weight excluding hydrogens is 250 g/mol. The molecule has 0 aliphatic heterocycles. The van der Waals surface area contributed by atoms with Crippen LogP contribution < -0.4 is 10.5 Å². The maximum atomic E-state index is 5.85. The Balaban J connectivity index is 2.88. The molecule has 68 valence electrons. The van der Waals surface area contributed by atoms with E-state index >= 15 is 0 Å². The van der Waals surface area contributed by atoms with Gasteiger partial charge in [0.15, 0.2) is 5.75 Å². The van der Waals surface area contributed by atoms with E-state index in [0.717, 1.165) is 25.3 Å². The minimum atomic E-state index is 0.760. The van der Waals surface area contributed by atoms with Gasteiger partial charge in [-0.3, -0.25) is 0 Å². The lowest BCUT2D eigenvalue weighted by atomic mass is 10.2. The molecule has 0 saturated heterocycles. The van der Waals surface area contributed by atoms with Gasteiger partial charge in [-0.25, -0.2) is 0 Å². The van der Waals surface area contributed by atoms with Gasteiger partial charge in [0.05, 0.1) is 12.5 Å². The van der Waals surface area contributed by atoms with Gasteiger partial charge < -0.3 is 10.5 Å². The number of hydrogen-bond donors (Lipinski definition) is 1. The number of hydrogen-bond acceptors (Lipinski definition) is 3. The highest BCUT2D eigenvalue weighted by Crippen LogP contribution is 2.43. The largest absolute Gasteiger partial charge is 0.494 e. The molecule has 0 saturated carbocycles. The summed E-state index contributed by atoms with van der Waals surface area (Å²) in [6.07, 6.45) is 0. The summed E-state index contributed by atoms with van der Waals surface area (Å²) >= 11 is 5.07. The molecule has 0 aliphatic carbocycles. The molecule has 2 rings (SSSR count). The van der Waals surface area contributed by atoms with Crippen LogP contribution in [0.2, 0.25) is 0 Å². The molecule has 2 nitrogen and oxygen atoms in total. The van der Waals surface area contributed by atoms with Crippen LogP contribution in [0.1, 0.15) is 0 Å². The Labute approximate surface area is 88.4 Å². The third-order valence-corrected chi connectivity index (χ3v) is 3.64. The number of nitrogens with two attached hydrogens (primary N) is 1. The van der Waals surface area contributed by atoms with E-state index in [1.54, 1.807) is 18.4 Å². The number of anilines is 1. The second-order valence-corrected chi connectivity index (χ2v) is 5.00. The summed E-state index contributed by atoms with van der Waals surface area (Å²) in [5, 5.41) is 1.00. The molecule has 0 spiro atoms. The number of fused-ring (bicyclic) bond motifs is 1. The maximum absolute atomic E-state index is 5.85. The van der Waals surface area contributed by atoms with E-state index in [0.29, 0.717) is 0 Å². The molecule has 2 aromatic rings. The van der Waals surface area contributed by atoms with E-state index in [1.807, 2.05) is 18.2 Å². The van der Waals surface area contributed by atoms with Gasteiger partial charge in [0.1, 0.15) is 3.79 Å². The molecule has 2 N–H and O–H groups in total. The van der Waals surface area contributed by atoms with Crippen LogP contribution >= 0.6 is 27.3 Å². The molecule has 0 aliphatic rings. The van der Waals surface area contributed by atoms with E-state index in [1.165, 1.54) is 0 Å². The van der Waals surface area contributed by atoms with Gasteiger partial charge in [0.2, 0.25) is 0 Å². The van der Waals surface area contributed by atoms with Crippen molar-refractivity contribution >= 4 is 43.0 Å². The van der Waals surface area contributed by atoms with Crippen molar-refractivity contribution in [3.63, 3.8) is 0 Å². The molecule has 0 atom stereocenters. The summed E-state index contributed by atoms with van der Waals surface area (Å²) in [7, 11) is 1.65. The first-order valence-electron chi connectivity index (χ1n) is 3.74. The Kier molecular flexibility index (Phi) is 2.17. The number of methoxy groups -OCH3 is 1. The van der Waals surface area contributed by atoms with Gasteiger partial charge in [-0.1, -0.05) is 6.07 Å². The standard InChI is InChI=1S/C9H8BrNOS/c1-12-8-7-5(11)3-2-4-6(7)13-9(8)10/h2-4H,11H2,1H3. The highest BCUT2D eigenvalue weighted by atomic mass is 79.9. The zero-order chi connectivity index (χ0) is 9.42. The quantitative estimate of drug-likeness (QED) is 0.797. The van der Waals surface area contributed by atoms with E-state index in [2.05, 4.69) is 15.9 Å². The van der Waals surface area contributed by atoms with Crippen molar-refractivity contribution in [2.24, 2.45) is 0 Å². The smallest absolute Gasteiger partial charge is 0.153 e. The van der Waals surface area contributed by atoms with Crippen LogP contribution in [0.3, 0.4) is 0 Å². The van der Waals surface area contributed by atoms with Gasteiger partial charge in [-0.2, -0.15) is 0 Å². The molecular formula is C9H8BrNOS. The van der Waals surface area contributed by atoms with Crippen LogP contribution in [0.15, 0.2) is 22.0 Å². The molecule has 4 heteroatoms. The average molecular weight is 258 g/mol. The molecule has 0 bridgehead atoms. The summed E-state index contributed by atoms with van der Waals surface area (Å²) < 4.78 is 7.39. The van der Waals surface area contributed by atoms with Crippen molar-refractivity contribution in [3.8, 4) is 5.75 Å². The Morgan fingerprint density at radius 1 is 1.46 bits per heavy atom. The predicted molar refractivity (Wildman–Crippen MR) is 60.5 cm³/mol. The molecule has 1 aromatic carbocycles. The topological polar surface area (TPSA) is 35.2 Å². The Bertz CT molecular complexity index is 452. The Morgan fingerprint density at radius 2 is 2.23 bits per heavy atom. The maximum Gasteiger partial charge on any atom is 0.153 e. The number of benzene rings is 1. The van der Waals surface area contributed by atoms with E-state index in [4.69, 9.17) is 10.5 Å². The number of ether oxygens (including phenoxy) is 1. The number of nitrogen functional groups attached to an aromatic ring is 1. The third-order valence-electron chi connectivity index (χ3n) is 1.87. The van der Waals surface area contributed by atoms with E-state index < -0.39 is 0 Å². The minimum Gasteiger partial charge on any atom is -0.494 e. The summed E-state index contributed by atoms with van der Waals surface area (Å²) in [5.74, 6) is 0.832. The van der Waals surface area contributed by atoms with Crippen molar-refractivity contribution < 1.29 is 4.74 Å². The van der Waals surface area contributed by atoms with Gasteiger partial charge in [-0.05, 0) is 28.1 Å². The molecule has 0 radical (unpaired) electrons. The van der Waals surface area contributed by atoms with Gasteiger partial charge >= 0.3 is 0 Å². The summed E-state index contributed by atoms with van der Waals surface area (Å²) in [4.78, 5) is 0. The van der Waals surface area contributed by atoms with Crippen LogP contribution in [-0.4, -0.2) is 7.11 Å². The molecule has 0 amide bonds. The van der Waals surface area contributed by atoms with Crippen molar-refractivity contribution in [2.45, 2.75) is 0 Å². The normalized spacial score (nSPS) is 10.6. The number of halogens is 1. The second kappa shape index (κ2) is 3.20. The molecule has 13 heavy (non-hydrogen) atoms. The zero-order valence-corrected chi connectivity index (χ0v) is 9.41. The Morgan fingerprint density at radius 3 is 2.92 bits per heavy atom. The van der Waals surface area contributed by atoms with Gasteiger partial charge in [0.25, 0.3) is 0 Å². The van der Waals surface area contributed by atoms with Crippen LogP contribution in [0.25, 0.3) is 10.1 Å². The summed E-state index contributed by atoms with van der Waals surface area (Å²) in [6, 6.07) is 5.85. The van der Waals surface area contributed by atoms with Crippen LogP contribution in [0.4, 0.5) is 5.69 Å². The van der Waals surface area contributed by atoms with Gasteiger partial charge in [-0.15, -0.1) is 11.3 Å². The fourth-order valence-corrected chi connectivity index (χ4v) is 3.11. The highest BCUT2D eigenvalue weighted by molar-refractivity contribution is 9.11. The summed E-state index contributed by atoms with van der Waals surface area (Å²) in [6.45, 7) is 0. The van der Waals surface area contributed by atoms with Crippen molar-refractivity contribution in [2.75, 3.05) is 12.8 Å². The predicted octanol–water partition coefficient (Wildman–Crippen LogP) is 3.25. The molecule has 0 unspecified atom stereocenters. The third kappa shape index (κ3) is 1.30. The van der Waals surface area contributed by atoms with Crippen LogP contribution in [0, 0.1) is 0 Å². The highest BCUT2D eigenvalue weighted by Gasteiger charge is 2.12. The number of rotatable bonds is 1. The lowest BCUT2D eigenvalue weighted by Gasteiger charge is -2.00. The van der Waals surface area contributed by atoms with Crippen molar-refractivity contribution in [1.29, 1.82) is 0 Å². The first-order chi connectivity index (χ1) is 6.24. The monoisotopic (exact) mass is 257 g/mol. The molecule has 1 heterocycles. The van der Waals surface area contributed by atoms with E-state index in [-0.39, 0.29) is 0 Å². The summed E-state index contributed by atoms with van der Waals surface area (Å²) in [5.41, 5.74) is 6.61. The van der Waals surface area contributed by atoms with Crippen molar-refractivity contribution in [3.05, 3.63) is 22.0 Å². The SMILES string of the molecule is COc1c(Br)sc2cccc(N)c12. The fourth-order valence-electron chi connectivity index (χ4n) is 1.30. The second-order valence-electron chi connectivity index (χ2n) is 2.63. The zero-order valence-electron chi connectivity index (χ0n) is 7.00. The lowest BCUT2D eigenvalue weighted by molar-refractivity contribution is 0.419. The van der Waals surface area contributed by atoms with Crippen LogP contribution in [0.5, 0.6) is 5.75 Å². The van der Waals surface area contributed by atoms with Gasteiger partial charge in [0, 0.05) is 10.4 Å². The number of thiophene rings is 1. The first kappa shape index (κ1) is 8.84. The first-order valence-corrected chi connectivity index (χ1v) is 5.35.